The van der Waals surface area contributed by atoms with Crippen molar-refractivity contribution in [1.82, 2.24) is 20.9 Å². The number of diazo groups is 1. The first-order chi connectivity index (χ1) is 18.9. The molecule has 40 heavy (non-hydrogen) atoms. The highest BCUT2D eigenvalue weighted by molar-refractivity contribution is 5.96. The maximum Gasteiger partial charge on any atom is 0.408 e. The van der Waals surface area contributed by atoms with Gasteiger partial charge in [0.25, 0.3) is 0 Å². The maximum atomic E-state index is 13.5. The molecule has 1 aromatic carbocycles. The van der Waals surface area contributed by atoms with Crippen molar-refractivity contribution >= 4 is 29.6 Å². The summed E-state index contributed by atoms with van der Waals surface area (Å²) in [5, 5.41) is 26.0. The molecule has 0 saturated carbocycles. The van der Waals surface area contributed by atoms with Crippen LogP contribution in [0.1, 0.15) is 52.5 Å². The molecule has 0 bridgehead atoms. The molecule has 1 heterocycles. The lowest BCUT2D eigenvalue weighted by atomic mass is 10.0. The second kappa shape index (κ2) is 15.5. The van der Waals surface area contributed by atoms with E-state index in [9.17, 15) is 29.1 Å². The van der Waals surface area contributed by atoms with Crippen LogP contribution < -0.4 is 16.0 Å². The molecule has 0 radical (unpaired) electrons. The number of aliphatic hydroxyl groups excluding tert-OH is 1. The number of carbonyl (C=O) groups is 5. The third kappa shape index (κ3) is 9.60. The van der Waals surface area contributed by atoms with Gasteiger partial charge in [0.1, 0.15) is 35.8 Å². The van der Waals surface area contributed by atoms with E-state index >= 15 is 0 Å². The van der Waals surface area contributed by atoms with Gasteiger partial charge in [-0.2, -0.15) is 0 Å². The molecular formula is C27H39N6O7+. The molecule has 0 aliphatic carbocycles. The number of Topliss-reactive ketones (excluding diaryl/α,β-unsaturated/α-hetero) is 1. The molecule has 1 aliphatic heterocycles. The van der Waals surface area contributed by atoms with E-state index in [1.54, 1.807) is 0 Å². The van der Waals surface area contributed by atoms with Gasteiger partial charge in [-0.25, -0.2) is 4.79 Å². The summed E-state index contributed by atoms with van der Waals surface area (Å²) in [6.45, 7) is 6.25. The standard InChI is InChI=1S/C27H38N6O7/c1-16(2)13-20(31-27(39)40-15-19-9-6-5-7-10-19)26(38)33-12-8-11-21(33)25(37)30-17(3)24(36)32-23(18(4)34)22(35)14-29-28/h5-7,9-10,16-18,20-21,23,34H,8,11-15H2,1-4H3,(H2-,30,31,32,36,37,39)/p+1/t17-,18+,20-,21-,23-/m0/s1. The molecule has 0 unspecified atom stereocenters. The Kier molecular flexibility index (Phi) is 12.5. The van der Waals surface area contributed by atoms with E-state index < -0.39 is 66.4 Å². The number of aliphatic hydroxyl groups is 1. The summed E-state index contributed by atoms with van der Waals surface area (Å²) in [6, 6.07) is 4.93. The molecule has 0 spiro atoms. The summed E-state index contributed by atoms with van der Waals surface area (Å²) >= 11 is 0. The maximum absolute atomic E-state index is 13.5. The van der Waals surface area contributed by atoms with Crippen molar-refractivity contribution in [3.8, 4) is 0 Å². The van der Waals surface area contributed by atoms with Crippen LogP contribution in [0.25, 0.3) is 4.98 Å². The monoisotopic (exact) mass is 559 g/mol. The minimum Gasteiger partial charge on any atom is -0.445 e. The Bertz CT molecular complexity index is 1090. The fourth-order valence-corrected chi connectivity index (χ4v) is 4.39. The Labute approximate surface area is 233 Å². The van der Waals surface area contributed by atoms with Gasteiger partial charge in [-0.1, -0.05) is 44.2 Å². The molecule has 13 heteroatoms. The summed E-state index contributed by atoms with van der Waals surface area (Å²) in [7, 11) is 0. The molecule has 1 aromatic rings. The third-order valence-electron chi connectivity index (χ3n) is 6.45. The number of carbonyl (C=O) groups excluding carboxylic acids is 5. The number of likely N-dealkylation sites (tertiary alicyclic amines) is 1. The number of benzene rings is 1. The number of rotatable bonds is 13. The molecule has 1 fully saturated rings. The van der Waals surface area contributed by atoms with Crippen molar-refractivity contribution in [2.45, 2.75) is 83.8 Å². The van der Waals surface area contributed by atoms with Gasteiger partial charge < -0.3 is 30.7 Å². The second-order valence-electron chi connectivity index (χ2n) is 10.3. The van der Waals surface area contributed by atoms with Crippen LogP contribution >= 0.6 is 0 Å². The minimum atomic E-state index is -1.32. The molecule has 13 nitrogen and oxygen atoms in total. The van der Waals surface area contributed by atoms with E-state index in [1.807, 2.05) is 44.2 Å². The lowest BCUT2D eigenvalue weighted by Gasteiger charge is -2.30. The Hall–Kier alpha value is -4.05. The van der Waals surface area contributed by atoms with Crippen LogP contribution in [-0.2, 0) is 30.5 Å². The van der Waals surface area contributed by atoms with E-state index in [2.05, 4.69) is 20.9 Å². The normalized spacial score (nSPS) is 17.6. The number of hydrogen-bond donors (Lipinski definition) is 4. The number of nitrogens with zero attached hydrogens (tertiary/aromatic N) is 3. The number of alkyl carbamates (subject to hydrolysis) is 1. The molecule has 218 valence electrons. The van der Waals surface area contributed by atoms with Crippen molar-refractivity contribution in [2.24, 2.45) is 5.92 Å². The third-order valence-corrected chi connectivity index (χ3v) is 6.45. The molecule has 1 saturated heterocycles. The average molecular weight is 560 g/mol. The van der Waals surface area contributed by atoms with Gasteiger partial charge in [-0.15, -0.1) is 0 Å². The number of nitrogens with one attached hydrogen (secondary N) is 3. The molecule has 5 atom stereocenters. The zero-order chi connectivity index (χ0) is 29.8. The second-order valence-corrected chi connectivity index (χ2v) is 10.3. The summed E-state index contributed by atoms with van der Waals surface area (Å²) in [6.07, 6.45) is -0.748. The van der Waals surface area contributed by atoms with Crippen molar-refractivity contribution in [3.05, 3.63) is 40.9 Å². The van der Waals surface area contributed by atoms with Crippen molar-refractivity contribution in [1.29, 1.82) is 5.39 Å². The zero-order valence-electron chi connectivity index (χ0n) is 23.3. The van der Waals surface area contributed by atoms with E-state index in [-0.39, 0.29) is 12.5 Å². The highest BCUT2D eigenvalue weighted by Crippen LogP contribution is 2.21. The summed E-state index contributed by atoms with van der Waals surface area (Å²) in [5.74, 6) is -2.36. The molecule has 0 aromatic heterocycles. The van der Waals surface area contributed by atoms with Crippen molar-refractivity contribution in [2.75, 3.05) is 13.1 Å². The Balaban J connectivity index is 2.02. The lowest BCUT2D eigenvalue weighted by Crippen LogP contribution is -2.57. The minimum absolute atomic E-state index is 0.0419. The highest BCUT2D eigenvalue weighted by Gasteiger charge is 2.39. The van der Waals surface area contributed by atoms with E-state index in [4.69, 9.17) is 10.1 Å². The molecular weight excluding hydrogens is 520 g/mol. The van der Waals surface area contributed by atoms with Crippen LogP contribution in [0.15, 0.2) is 30.3 Å². The van der Waals surface area contributed by atoms with Gasteiger partial charge in [0.2, 0.25) is 28.9 Å². The highest BCUT2D eigenvalue weighted by atomic mass is 16.5. The van der Waals surface area contributed by atoms with Gasteiger partial charge >= 0.3 is 12.6 Å². The smallest absolute Gasteiger partial charge is 0.408 e. The van der Waals surface area contributed by atoms with E-state index in [0.717, 1.165) is 5.56 Å². The van der Waals surface area contributed by atoms with Crippen LogP contribution in [-0.4, -0.2) is 83.0 Å². The predicted molar refractivity (Wildman–Crippen MR) is 144 cm³/mol. The molecule has 4 amide bonds. The topological polar surface area (TPSA) is 182 Å². The quantitative estimate of drug-likeness (QED) is 0.259. The van der Waals surface area contributed by atoms with Crippen molar-refractivity contribution < 1.29 is 33.8 Å². The predicted octanol–water partition coefficient (Wildman–Crippen LogP) is 1.11. The first-order valence-electron chi connectivity index (χ1n) is 13.3. The number of amides is 4. The largest absolute Gasteiger partial charge is 0.445 e. The first-order valence-corrected chi connectivity index (χ1v) is 13.3. The van der Waals surface area contributed by atoms with E-state index in [0.29, 0.717) is 25.8 Å². The van der Waals surface area contributed by atoms with Crippen LogP contribution in [0.2, 0.25) is 0 Å². The summed E-state index contributed by atoms with van der Waals surface area (Å²) < 4.78 is 5.28. The molecule has 1 aliphatic rings. The fourth-order valence-electron chi connectivity index (χ4n) is 4.39. The zero-order valence-corrected chi connectivity index (χ0v) is 23.3. The SMILES string of the molecule is CC(C)C[C@H](NC(=O)OCc1ccccc1)C(=O)N1CCC[C@H]1C(=O)N[C@@H](C)C(=O)N[C@H](C(=O)C[N+]#N)[C@@H](C)O. The van der Waals surface area contributed by atoms with E-state index in [1.165, 1.54) is 18.7 Å². The summed E-state index contributed by atoms with van der Waals surface area (Å²) in [4.78, 5) is 67.9. The van der Waals surface area contributed by atoms with Crippen LogP contribution in [0, 0.1) is 11.3 Å². The molecule has 4 N–H and O–H groups in total. The number of ether oxygens (including phenoxy) is 1. The number of hydrogen-bond acceptors (Lipinski definition) is 8. The molecule has 2 rings (SSSR count). The lowest BCUT2D eigenvalue weighted by molar-refractivity contribution is -0.141. The average Bonchev–Trinajstić information content (AvgIpc) is 3.40. The van der Waals surface area contributed by atoms with Crippen molar-refractivity contribution in [3.63, 3.8) is 0 Å². The van der Waals surface area contributed by atoms with Gasteiger partial charge in [0.05, 0.1) is 6.10 Å². The van der Waals surface area contributed by atoms with Gasteiger partial charge in [-0.3, -0.25) is 19.2 Å². The Morgan fingerprint density at radius 1 is 1.07 bits per heavy atom. The van der Waals surface area contributed by atoms with Gasteiger partial charge in [0, 0.05) is 6.54 Å². The number of ketones is 1. The fraction of sp³-hybridized carbons (Fsp3) is 0.593. The summed E-state index contributed by atoms with van der Waals surface area (Å²) in [5.41, 5.74) is 0.798. The van der Waals surface area contributed by atoms with Gasteiger partial charge in [-0.05, 0) is 44.6 Å². The first kappa shape index (κ1) is 32.2. The Morgan fingerprint density at radius 3 is 2.35 bits per heavy atom. The Morgan fingerprint density at radius 2 is 1.75 bits per heavy atom. The van der Waals surface area contributed by atoms with Gasteiger partial charge in [0.15, 0.2) is 0 Å². The van der Waals surface area contributed by atoms with Crippen LogP contribution in [0.4, 0.5) is 4.79 Å². The van der Waals surface area contributed by atoms with Crippen LogP contribution in [0.3, 0.4) is 0 Å². The van der Waals surface area contributed by atoms with Crippen LogP contribution in [0.5, 0.6) is 0 Å².